The first kappa shape index (κ1) is 52.0. The molecule has 0 amide bonds. The molecule has 0 spiro atoms. The average molecular weight is 835 g/mol. The third-order valence-corrected chi connectivity index (χ3v) is 12.5. The smallest absolute Gasteiger partial charge is 0.170 e. The second-order valence-electron chi connectivity index (χ2n) is 17.3. The predicted molar refractivity (Wildman–Crippen MR) is 268 cm³/mol. The first-order valence-electron chi connectivity index (χ1n) is 24.8. The minimum absolute atomic E-state index is 0.295. The van der Waals surface area contributed by atoms with Crippen LogP contribution < -0.4 is 21.3 Å². The number of anilines is 2. The summed E-state index contributed by atoms with van der Waals surface area (Å²) in [7, 11) is 0. The lowest BCUT2D eigenvalue weighted by Crippen LogP contribution is -2.29. The van der Waals surface area contributed by atoms with E-state index in [1.807, 2.05) is 0 Å². The van der Waals surface area contributed by atoms with Crippen LogP contribution in [0.5, 0.6) is 0 Å². The summed E-state index contributed by atoms with van der Waals surface area (Å²) in [4.78, 5) is 0. The number of nitrogens with one attached hydrogen (secondary N) is 4. The molecule has 0 bridgehead atoms. The van der Waals surface area contributed by atoms with Crippen LogP contribution >= 0.6 is 24.4 Å². The van der Waals surface area contributed by atoms with Crippen LogP contribution in [0, 0.1) is 0 Å². The normalized spacial score (nSPS) is 11.2. The van der Waals surface area contributed by atoms with E-state index in [1.54, 1.807) is 0 Å². The van der Waals surface area contributed by atoms with Gasteiger partial charge in [-0.3, -0.25) is 0 Å². The molecule has 6 heteroatoms. The molecule has 2 aromatic carbocycles. The largest absolute Gasteiger partial charge is 0.362 e. The number of hydrogen-bond donors (Lipinski definition) is 4. The fourth-order valence-corrected chi connectivity index (χ4v) is 8.44. The lowest BCUT2D eigenvalue weighted by atomic mass is 9.93. The van der Waals surface area contributed by atoms with Crippen LogP contribution in [0.2, 0.25) is 0 Å². The van der Waals surface area contributed by atoms with E-state index >= 15 is 0 Å². The predicted octanol–water partition coefficient (Wildman–Crippen LogP) is 16.9. The Labute approximate surface area is 370 Å². The first-order chi connectivity index (χ1) is 28.5. The Kier molecular flexibility index (Phi) is 33.9. The van der Waals surface area contributed by atoms with Gasteiger partial charge in [-0.05, 0) is 72.7 Å². The highest BCUT2D eigenvalue weighted by Crippen LogP contribution is 2.26. The number of thiocarbonyl (C=S) groups is 2. The molecule has 4 N–H and O–H groups in total. The standard InChI is InChI=1S/C52H90N4S2/c1-4-6-8-10-12-14-16-18-20-22-24-26-28-30-32-34-44-53-51(57)55-49-40-36-47(37-41-49)46(3)48-38-42-50(43-39-48)56-52(58)54-45-35-33-31-29-27-25-23-21-19-17-15-13-11-9-7-5-2/h36-43,46H,4-35,44-45H2,1-3H3,(H2,53,55,57)(H2,54,56,58). The van der Waals surface area contributed by atoms with Gasteiger partial charge in [-0.25, -0.2) is 0 Å². The van der Waals surface area contributed by atoms with Crippen molar-refractivity contribution in [2.45, 2.75) is 232 Å². The van der Waals surface area contributed by atoms with E-state index in [2.05, 4.69) is 90.6 Å². The van der Waals surface area contributed by atoms with Crippen LogP contribution in [0.25, 0.3) is 0 Å². The van der Waals surface area contributed by atoms with E-state index < -0.39 is 0 Å². The van der Waals surface area contributed by atoms with E-state index in [1.165, 1.54) is 217 Å². The summed E-state index contributed by atoms with van der Waals surface area (Å²) in [5.41, 5.74) is 4.63. The van der Waals surface area contributed by atoms with Crippen LogP contribution in [0.4, 0.5) is 11.4 Å². The highest BCUT2D eigenvalue weighted by Gasteiger charge is 2.09. The summed E-state index contributed by atoms with van der Waals surface area (Å²) in [6.45, 7) is 8.73. The highest BCUT2D eigenvalue weighted by atomic mass is 32.1. The molecule has 0 aliphatic rings. The summed E-state index contributed by atoms with van der Waals surface area (Å²) in [6, 6.07) is 17.3. The molecular weight excluding hydrogens is 745 g/mol. The zero-order chi connectivity index (χ0) is 41.6. The van der Waals surface area contributed by atoms with Crippen LogP contribution in [0.1, 0.15) is 243 Å². The zero-order valence-corrected chi connectivity index (χ0v) is 39.7. The van der Waals surface area contributed by atoms with Gasteiger partial charge in [-0.2, -0.15) is 0 Å². The van der Waals surface area contributed by atoms with E-state index in [9.17, 15) is 0 Å². The average Bonchev–Trinajstić information content (AvgIpc) is 3.23. The lowest BCUT2D eigenvalue weighted by Gasteiger charge is -2.16. The molecular formula is C52H90N4S2. The Hall–Kier alpha value is -2.18. The maximum atomic E-state index is 5.58. The van der Waals surface area contributed by atoms with Gasteiger partial charge in [0.1, 0.15) is 0 Å². The maximum Gasteiger partial charge on any atom is 0.170 e. The molecule has 2 aromatic rings. The van der Waals surface area contributed by atoms with E-state index in [4.69, 9.17) is 24.4 Å². The Bertz CT molecular complexity index is 1140. The molecule has 0 saturated carbocycles. The van der Waals surface area contributed by atoms with Crippen molar-refractivity contribution in [3.05, 3.63) is 59.7 Å². The van der Waals surface area contributed by atoms with Crippen LogP contribution in [0.3, 0.4) is 0 Å². The van der Waals surface area contributed by atoms with Gasteiger partial charge in [0.25, 0.3) is 0 Å². The molecule has 0 heterocycles. The summed E-state index contributed by atoms with van der Waals surface area (Å²) < 4.78 is 0. The van der Waals surface area contributed by atoms with Crippen LogP contribution in [-0.2, 0) is 0 Å². The quantitative estimate of drug-likeness (QED) is 0.0399. The van der Waals surface area contributed by atoms with Crippen molar-refractivity contribution in [3.63, 3.8) is 0 Å². The Morgan fingerprint density at radius 1 is 0.362 bits per heavy atom. The summed E-state index contributed by atoms with van der Waals surface area (Å²) >= 11 is 11.2. The third-order valence-electron chi connectivity index (χ3n) is 12.0. The van der Waals surface area contributed by atoms with Crippen molar-refractivity contribution < 1.29 is 0 Å². The number of benzene rings is 2. The van der Waals surface area contributed by atoms with Gasteiger partial charge in [0.05, 0.1) is 0 Å². The fourth-order valence-electron chi connectivity index (χ4n) is 8.00. The zero-order valence-electron chi connectivity index (χ0n) is 38.1. The van der Waals surface area contributed by atoms with Crippen LogP contribution in [-0.4, -0.2) is 23.3 Å². The molecule has 2 rings (SSSR count). The first-order valence-corrected chi connectivity index (χ1v) is 25.6. The molecule has 0 saturated heterocycles. The maximum absolute atomic E-state index is 5.58. The van der Waals surface area contributed by atoms with Crippen molar-refractivity contribution >= 4 is 46.0 Å². The lowest BCUT2D eigenvalue weighted by molar-refractivity contribution is 0.529. The number of unbranched alkanes of at least 4 members (excludes halogenated alkanes) is 30. The molecule has 0 fully saturated rings. The minimum atomic E-state index is 0.295. The van der Waals surface area contributed by atoms with E-state index in [0.29, 0.717) is 16.1 Å². The third kappa shape index (κ3) is 29.1. The van der Waals surface area contributed by atoms with Gasteiger partial charge in [-0.1, -0.05) is 238 Å². The van der Waals surface area contributed by atoms with Gasteiger partial charge >= 0.3 is 0 Å². The Balaban J connectivity index is 1.45. The van der Waals surface area contributed by atoms with Crippen molar-refractivity contribution in [1.29, 1.82) is 0 Å². The Morgan fingerprint density at radius 3 is 0.828 bits per heavy atom. The van der Waals surface area contributed by atoms with E-state index in [-0.39, 0.29) is 0 Å². The monoisotopic (exact) mass is 835 g/mol. The number of rotatable bonds is 38. The highest BCUT2D eigenvalue weighted by molar-refractivity contribution is 7.80. The van der Waals surface area contributed by atoms with Gasteiger partial charge in [0.2, 0.25) is 0 Å². The van der Waals surface area contributed by atoms with Gasteiger partial charge in [0.15, 0.2) is 10.2 Å². The molecule has 58 heavy (non-hydrogen) atoms. The van der Waals surface area contributed by atoms with Gasteiger partial charge < -0.3 is 21.3 Å². The summed E-state index contributed by atoms with van der Waals surface area (Å²) in [6.07, 6.45) is 44.6. The van der Waals surface area contributed by atoms with Crippen molar-refractivity contribution in [1.82, 2.24) is 10.6 Å². The summed E-state index contributed by atoms with van der Waals surface area (Å²) in [5.74, 6) is 0.295. The van der Waals surface area contributed by atoms with Crippen molar-refractivity contribution in [2.75, 3.05) is 23.7 Å². The molecule has 0 radical (unpaired) electrons. The number of hydrogen-bond acceptors (Lipinski definition) is 2. The van der Waals surface area contributed by atoms with Crippen molar-refractivity contribution in [3.8, 4) is 0 Å². The topological polar surface area (TPSA) is 48.1 Å². The van der Waals surface area contributed by atoms with Gasteiger partial charge in [-0.15, -0.1) is 0 Å². The van der Waals surface area contributed by atoms with Gasteiger partial charge in [0, 0.05) is 30.4 Å². The Morgan fingerprint density at radius 2 is 0.586 bits per heavy atom. The minimum Gasteiger partial charge on any atom is -0.362 e. The second-order valence-corrected chi connectivity index (χ2v) is 18.2. The molecule has 0 aliphatic heterocycles. The molecule has 0 aromatic heterocycles. The molecule has 0 unspecified atom stereocenters. The molecule has 330 valence electrons. The molecule has 0 atom stereocenters. The second kappa shape index (κ2) is 37.8. The molecule has 0 aliphatic carbocycles. The van der Waals surface area contributed by atoms with E-state index in [0.717, 1.165) is 24.5 Å². The SMILES string of the molecule is CCCCCCCCCCCCCCCCCCNC(=S)Nc1ccc(C(C)c2ccc(NC(=S)NCCCCCCCCCCCCCCCCCC)cc2)cc1. The fraction of sp³-hybridized carbons (Fsp3) is 0.731. The van der Waals surface area contributed by atoms with Crippen molar-refractivity contribution in [2.24, 2.45) is 0 Å². The summed E-state index contributed by atoms with van der Waals surface area (Å²) in [5, 5.41) is 15.0. The van der Waals surface area contributed by atoms with Crippen LogP contribution in [0.15, 0.2) is 48.5 Å². The molecule has 4 nitrogen and oxygen atoms in total.